The molecular formula is C35H50N4O4. The van der Waals surface area contributed by atoms with Crippen LogP contribution in [0.1, 0.15) is 76.7 Å². The van der Waals surface area contributed by atoms with Gasteiger partial charge in [-0.1, -0.05) is 51.2 Å². The van der Waals surface area contributed by atoms with Gasteiger partial charge in [0.15, 0.2) is 0 Å². The first-order chi connectivity index (χ1) is 21.0. The summed E-state index contributed by atoms with van der Waals surface area (Å²) in [5, 5.41) is 53.2. The van der Waals surface area contributed by atoms with E-state index in [0.29, 0.717) is 16.9 Å². The highest BCUT2D eigenvalue weighted by Gasteiger charge is 2.17. The van der Waals surface area contributed by atoms with Gasteiger partial charge in [0.2, 0.25) is 0 Å². The normalized spacial score (nSPS) is 11.1. The molecule has 0 fully saturated rings. The minimum atomic E-state index is -0.0391. The van der Waals surface area contributed by atoms with Gasteiger partial charge in [-0.3, -0.25) is 0 Å². The second kappa shape index (κ2) is 19.3. The summed E-state index contributed by atoms with van der Waals surface area (Å²) in [6.45, 7) is 4.37. The zero-order chi connectivity index (χ0) is 30.7. The van der Waals surface area contributed by atoms with Gasteiger partial charge in [-0.25, -0.2) is 0 Å². The number of nitrogens with one attached hydrogen (secondary N) is 4. The van der Waals surface area contributed by atoms with Gasteiger partial charge in [0, 0.05) is 60.7 Å². The van der Waals surface area contributed by atoms with E-state index in [1.807, 2.05) is 60.7 Å². The van der Waals surface area contributed by atoms with Gasteiger partial charge in [-0.15, -0.1) is 0 Å². The number of unbranched alkanes of at least 4 members (excludes halogenated alkanes) is 7. The number of benzene rings is 3. The number of aromatic hydroxyl groups is 2. The Hall–Kier alpha value is -3.88. The molecule has 3 aromatic rings. The van der Waals surface area contributed by atoms with E-state index < -0.39 is 0 Å². The average molecular weight is 591 g/mol. The Morgan fingerprint density at radius 1 is 0.581 bits per heavy atom. The summed E-state index contributed by atoms with van der Waals surface area (Å²) in [6.07, 6.45) is 13.9. The van der Waals surface area contributed by atoms with Crippen LogP contribution in [0.2, 0.25) is 0 Å². The molecule has 0 unspecified atom stereocenters. The molecule has 234 valence electrons. The predicted octanol–water partition coefficient (Wildman–Crippen LogP) is 8.33. The van der Waals surface area contributed by atoms with Crippen molar-refractivity contribution in [2.75, 3.05) is 47.6 Å². The lowest BCUT2D eigenvalue weighted by atomic mass is 10.1. The summed E-state index contributed by atoms with van der Waals surface area (Å²) < 4.78 is 0. The highest BCUT2D eigenvalue weighted by molar-refractivity contribution is 5.90. The molecule has 0 bridgehead atoms. The zero-order valence-electron chi connectivity index (χ0n) is 25.5. The lowest BCUT2D eigenvalue weighted by Crippen LogP contribution is -2.03. The van der Waals surface area contributed by atoms with Gasteiger partial charge < -0.3 is 41.7 Å². The Morgan fingerprint density at radius 2 is 1.00 bits per heavy atom. The minimum absolute atomic E-state index is 0.0391. The van der Waals surface area contributed by atoms with Crippen molar-refractivity contribution in [1.82, 2.24) is 0 Å². The summed E-state index contributed by atoms with van der Waals surface area (Å²) in [4.78, 5) is 0. The molecule has 0 aliphatic heterocycles. The van der Waals surface area contributed by atoms with E-state index in [2.05, 4.69) is 28.2 Å². The third-order valence-corrected chi connectivity index (χ3v) is 7.20. The van der Waals surface area contributed by atoms with Gasteiger partial charge in [0.1, 0.15) is 11.5 Å². The maximum atomic E-state index is 10.9. The molecule has 0 radical (unpaired) electrons. The van der Waals surface area contributed by atoms with Crippen LogP contribution in [0.15, 0.2) is 60.7 Å². The Labute approximate surface area is 256 Å². The van der Waals surface area contributed by atoms with Crippen LogP contribution < -0.4 is 21.3 Å². The highest BCUT2D eigenvalue weighted by atomic mass is 16.3. The Balaban J connectivity index is 1.72. The number of hydrogen-bond acceptors (Lipinski definition) is 8. The third-order valence-electron chi connectivity index (χ3n) is 7.20. The van der Waals surface area contributed by atoms with Gasteiger partial charge in [0.25, 0.3) is 0 Å². The molecule has 0 aliphatic carbocycles. The third kappa shape index (κ3) is 11.7. The largest absolute Gasteiger partial charge is 0.506 e. The van der Waals surface area contributed by atoms with Crippen LogP contribution >= 0.6 is 0 Å². The van der Waals surface area contributed by atoms with Crippen LogP contribution in [0.3, 0.4) is 0 Å². The average Bonchev–Trinajstić information content (AvgIpc) is 3.01. The van der Waals surface area contributed by atoms with E-state index >= 15 is 0 Å². The maximum Gasteiger partial charge on any atom is 0.143 e. The molecule has 0 saturated heterocycles. The van der Waals surface area contributed by atoms with Crippen LogP contribution in [0.4, 0.5) is 34.1 Å². The molecule has 0 amide bonds. The fraction of sp³-hybridized carbons (Fsp3) is 0.429. The number of hydrogen-bond donors (Lipinski definition) is 8. The SMILES string of the molecule is CCC/C=C/c1c(Nc2ccc(NCCCCCCO)cc2)c(O)cc(O)c1Nc1ccc(NCCCCCCO)cc1. The molecule has 0 atom stereocenters. The van der Waals surface area contributed by atoms with Crippen molar-refractivity contribution in [1.29, 1.82) is 0 Å². The highest BCUT2D eigenvalue weighted by Crippen LogP contribution is 2.44. The number of phenols is 2. The fourth-order valence-corrected chi connectivity index (χ4v) is 4.75. The quantitative estimate of drug-likeness (QED) is 0.0353. The molecule has 8 heteroatoms. The smallest absolute Gasteiger partial charge is 0.143 e. The van der Waals surface area contributed by atoms with Crippen LogP contribution in [0, 0.1) is 0 Å². The van der Waals surface area contributed by atoms with E-state index in [9.17, 15) is 10.2 Å². The molecule has 0 aliphatic rings. The zero-order valence-corrected chi connectivity index (χ0v) is 25.5. The molecule has 8 nitrogen and oxygen atoms in total. The van der Waals surface area contributed by atoms with E-state index in [1.54, 1.807) is 0 Å². The Morgan fingerprint density at radius 3 is 1.42 bits per heavy atom. The summed E-state index contributed by atoms with van der Waals surface area (Å²) in [5.74, 6) is -0.0781. The standard InChI is InChI=1S/C35H50N4O4/c1-2-3-8-13-31-34(38-29-18-14-27(15-19-29)36-22-9-4-6-11-24-40)32(42)26-33(43)35(31)39-30-20-16-28(17-21-30)37-23-10-5-7-12-25-41/h8,13-21,26,36-43H,2-7,9-12,22-25H2,1H3/b13-8+. The van der Waals surface area contributed by atoms with Crippen molar-refractivity contribution in [2.24, 2.45) is 0 Å². The van der Waals surface area contributed by atoms with E-state index in [4.69, 9.17) is 10.2 Å². The molecule has 0 aromatic heterocycles. The predicted molar refractivity (Wildman–Crippen MR) is 181 cm³/mol. The first kappa shape index (κ1) is 33.6. The molecule has 0 saturated carbocycles. The maximum absolute atomic E-state index is 10.9. The number of rotatable bonds is 21. The van der Waals surface area contributed by atoms with Gasteiger partial charge >= 0.3 is 0 Å². The van der Waals surface area contributed by atoms with Crippen LogP contribution in [-0.4, -0.2) is 46.7 Å². The molecule has 3 aromatic carbocycles. The number of allylic oxidation sites excluding steroid dienone is 1. The number of aliphatic hydroxyl groups excluding tert-OH is 2. The fourth-order valence-electron chi connectivity index (χ4n) is 4.75. The minimum Gasteiger partial charge on any atom is -0.506 e. The van der Waals surface area contributed by atoms with Gasteiger partial charge in [0.05, 0.1) is 11.4 Å². The molecular weight excluding hydrogens is 540 g/mol. The first-order valence-corrected chi connectivity index (χ1v) is 15.7. The van der Waals surface area contributed by atoms with E-state index in [-0.39, 0.29) is 24.7 Å². The lowest BCUT2D eigenvalue weighted by Gasteiger charge is -2.19. The topological polar surface area (TPSA) is 129 Å². The van der Waals surface area contributed by atoms with Crippen molar-refractivity contribution < 1.29 is 20.4 Å². The number of anilines is 6. The molecule has 0 spiro atoms. The van der Waals surface area contributed by atoms with Crippen molar-refractivity contribution in [3.05, 3.63) is 66.2 Å². The molecule has 3 rings (SSSR count). The lowest BCUT2D eigenvalue weighted by molar-refractivity contribution is 0.282. The van der Waals surface area contributed by atoms with Crippen LogP contribution in [0.25, 0.3) is 6.08 Å². The van der Waals surface area contributed by atoms with Crippen molar-refractivity contribution in [3.8, 4) is 11.5 Å². The molecule has 43 heavy (non-hydrogen) atoms. The van der Waals surface area contributed by atoms with Crippen molar-refractivity contribution >= 4 is 40.2 Å². The first-order valence-electron chi connectivity index (χ1n) is 15.7. The molecule has 0 heterocycles. The summed E-state index contributed by atoms with van der Waals surface area (Å²) in [5.41, 5.74) is 5.37. The van der Waals surface area contributed by atoms with Crippen LogP contribution in [-0.2, 0) is 0 Å². The summed E-state index contributed by atoms with van der Waals surface area (Å²) >= 11 is 0. The van der Waals surface area contributed by atoms with Gasteiger partial charge in [-0.2, -0.15) is 0 Å². The monoisotopic (exact) mass is 590 g/mol. The summed E-state index contributed by atoms with van der Waals surface area (Å²) in [6, 6.07) is 17.2. The number of phenolic OH excluding ortho intramolecular Hbond substituents is 2. The Kier molecular flexibility index (Phi) is 15.1. The van der Waals surface area contributed by atoms with Crippen molar-refractivity contribution in [3.63, 3.8) is 0 Å². The summed E-state index contributed by atoms with van der Waals surface area (Å²) in [7, 11) is 0. The van der Waals surface area contributed by atoms with Crippen molar-refractivity contribution in [2.45, 2.75) is 71.1 Å². The van der Waals surface area contributed by atoms with Crippen LogP contribution in [0.5, 0.6) is 11.5 Å². The second-order valence-corrected chi connectivity index (χ2v) is 10.8. The number of aliphatic hydroxyl groups is 2. The van der Waals surface area contributed by atoms with E-state index in [1.165, 1.54) is 6.07 Å². The molecule has 8 N–H and O–H groups in total. The van der Waals surface area contributed by atoms with E-state index in [0.717, 1.165) is 100 Å². The second-order valence-electron chi connectivity index (χ2n) is 10.8. The van der Waals surface area contributed by atoms with Gasteiger partial charge in [-0.05, 0) is 80.6 Å². The Bertz CT molecular complexity index is 1140.